The van der Waals surface area contributed by atoms with Gasteiger partial charge in [0.1, 0.15) is 6.61 Å². The van der Waals surface area contributed by atoms with Crippen molar-refractivity contribution in [2.24, 2.45) is 0 Å². The molecular weight excluding hydrogens is 446 g/mol. The summed E-state index contributed by atoms with van der Waals surface area (Å²) in [5.74, 6) is 0.665. The predicted molar refractivity (Wildman–Crippen MR) is 132 cm³/mol. The van der Waals surface area contributed by atoms with Crippen LogP contribution in [0.25, 0.3) is 0 Å². The molecular formula is C27H29N3O5. The van der Waals surface area contributed by atoms with E-state index < -0.39 is 0 Å². The lowest BCUT2D eigenvalue weighted by Gasteiger charge is -2.27. The Balaban J connectivity index is 1.49. The van der Waals surface area contributed by atoms with Crippen LogP contribution in [0.15, 0.2) is 60.9 Å². The van der Waals surface area contributed by atoms with Crippen LogP contribution in [-0.4, -0.2) is 54.6 Å². The highest BCUT2D eigenvalue weighted by atomic mass is 16.5. The van der Waals surface area contributed by atoms with E-state index in [4.69, 9.17) is 14.2 Å². The average Bonchev–Trinajstić information content (AvgIpc) is 2.90. The number of hydrogen-bond acceptors (Lipinski definition) is 6. The molecule has 8 heteroatoms. The Kier molecular flexibility index (Phi) is 7.95. The Labute approximate surface area is 204 Å². The number of anilines is 1. The number of hydrogen-bond donors (Lipinski definition) is 1. The third kappa shape index (κ3) is 5.96. The van der Waals surface area contributed by atoms with Crippen LogP contribution in [0, 0.1) is 6.92 Å². The average molecular weight is 476 g/mol. The van der Waals surface area contributed by atoms with Gasteiger partial charge in [-0.15, -0.1) is 0 Å². The third-order valence-corrected chi connectivity index (χ3v) is 5.73. The van der Waals surface area contributed by atoms with Gasteiger partial charge in [-0.3, -0.25) is 14.6 Å². The number of carbonyl (C=O) groups excluding carboxylic acids is 2. The fourth-order valence-corrected chi connectivity index (χ4v) is 3.82. The summed E-state index contributed by atoms with van der Waals surface area (Å²) < 4.78 is 17.0. The molecule has 182 valence electrons. The minimum Gasteiger partial charge on any atom is -0.490 e. The molecule has 2 amide bonds. The highest BCUT2D eigenvalue weighted by molar-refractivity contribution is 6.06. The van der Waals surface area contributed by atoms with E-state index in [2.05, 4.69) is 10.3 Å². The summed E-state index contributed by atoms with van der Waals surface area (Å²) in [7, 11) is 0. The van der Waals surface area contributed by atoms with Gasteiger partial charge >= 0.3 is 0 Å². The molecule has 0 aliphatic carbocycles. The van der Waals surface area contributed by atoms with E-state index >= 15 is 0 Å². The summed E-state index contributed by atoms with van der Waals surface area (Å²) in [5.41, 5.74) is 3.23. The maximum absolute atomic E-state index is 13.1. The minimum absolute atomic E-state index is 0.0596. The Hall–Kier alpha value is -3.91. The summed E-state index contributed by atoms with van der Waals surface area (Å²) in [4.78, 5) is 31.9. The lowest BCUT2D eigenvalue weighted by atomic mass is 10.0. The summed E-state index contributed by atoms with van der Waals surface area (Å²) in [6, 6.07) is 14.2. The van der Waals surface area contributed by atoms with Crippen LogP contribution in [0.1, 0.15) is 38.8 Å². The number of rotatable bonds is 8. The van der Waals surface area contributed by atoms with Crippen LogP contribution in [0.4, 0.5) is 5.69 Å². The first-order valence-electron chi connectivity index (χ1n) is 11.6. The molecule has 1 aliphatic heterocycles. The maximum atomic E-state index is 13.1. The molecule has 0 bridgehead atoms. The van der Waals surface area contributed by atoms with Gasteiger partial charge in [0.2, 0.25) is 0 Å². The SMILES string of the molecule is CCOc1cc(C(=O)Nc2cccc(C(=O)N3CCOCC3)c2C)ccc1OCc1cccnc1. The van der Waals surface area contributed by atoms with E-state index in [0.29, 0.717) is 67.8 Å². The maximum Gasteiger partial charge on any atom is 0.255 e. The van der Waals surface area contributed by atoms with Crippen LogP contribution < -0.4 is 14.8 Å². The van der Waals surface area contributed by atoms with Gasteiger partial charge in [-0.2, -0.15) is 0 Å². The van der Waals surface area contributed by atoms with Crippen LogP contribution in [0.5, 0.6) is 11.5 Å². The van der Waals surface area contributed by atoms with Crippen LogP contribution in [-0.2, 0) is 11.3 Å². The normalized spacial score (nSPS) is 13.3. The lowest BCUT2D eigenvalue weighted by molar-refractivity contribution is 0.0302. The highest BCUT2D eigenvalue weighted by Crippen LogP contribution is 2.30. The lowest BCUT2D eigenvalue weighted by Crippen LogP contribution is -2.41. The molecule has 0 spiro atoms. The van der Waals surface area contributed by atoms with Gasteiger partial charge in [0.15, 0.2) is 11.5 Å². The largest absolute Gasteiger partial charge is 0.490 e. The summed E-state index contributed by atoms with van der Waals surface area (Å²) in [6.07, 6.45) is 3.45. The van der Waals surface area contributed by atoms with Crippen molar-refractivity contribution in [2.75, 3.05) is 38.2 Å². The Morgan fingerprint density at radius 2 is 1.89 bits per heavy atom. The number of ether oxygens (including phenoxy) is 3. The van der Waals surface area contributed by atoms with Gasteiger partial charge in [-0.05, 0) is 55.8 Å². The number of amides is 2. The molecule has 3 aromatic rings. The number of carbonyl (C=O) groups is 2. The fourth-order valence-electron chi connectivity index (χ4n) is 3.82. The minimum atomic E-state index is -0.302. The second kappa shape index (κ2) is 11.5. The fraction of sp³-hybridized carbons (Fsp3) is 0.296. The predicted octanol–water partition coefficient (Wildman–Crippen LogP) is 4.09. The molecule has 1 aliphatic rings. The van der Waals surface area contributed by atoms with Gasteiger partial charge in [0.05, 0.1) is 19.8 Å². The van der Waals surface area contributed by atoms with Gasteiger partial charge in [-0.25, -0.2) is 0 Å². The quantitative estimate of drug-likeness (QED) is 0.528. The van der Waals surface area contributed by atoms with E-state index in [1.807, 2.05) is 26.0 Å². The smallest absolute Gasteiger partial charge is 0.255 e. The van der Waals surface area contributed by atoms with Crippen LogP contribution >= 0.6 is 0 Å². The highest BCUT2D eigenvalue weighted by Gasteiger charge is 2.21. The Morgan fingerprint density at radius 1 is 1.06 bits per heavy atom. The molecule has 2 aromatic carbocycles. The standard InChI is InChI=1S/C27H29N3O5/c1-3-34-25-16-21(9-10-24(25)35-18-20-6-5-11-28-17-20)26(31)29-23-8-4-7-22(19(23)2)27(32)30-12-14-33-15-13-30/h4-11,16-17H,3,12-15,18H2,1-2H3,(H,29,31). The number of pyridine rings is 1. The van der Waals surface area contributed by atoms with Crippen molar-refractivity contribution in [2.45, 2.75) is 20.5 Å². The van der Waals surface area contributed by atoms with Crippen molar-refractivity contribution in [3.05, 3.63) is 83.2 Å². The van der Waals surface area contributed by atoms with Gasteiger partial charge in [0.25, 0.3) is 11.8 Å². The van der Waals surface area contributed by atoms with Gasteiger partial charge in [-0.1, -0.05) is 12.1 Å². The van der Waals surface area contributed by atoms with Crippen LogP contribution in [0.2, 0.25) is 0 Å². The van der Waals surface area contributed by atoms with Crippen molar-refractivity contribution in [1.82, 2.24) is 9.88 Å². The Morgan fingerprint density at radius 3 is 2.63 bits per heavy atom. The number of benzene rings is 2. The van der Waals surface area contributed by atoms with Crippen molar-refractivity contribution in [1.29, 1.82) is 0 Å². The molecule has 0 radical (unpaired) electrons. The molecule has 1 N–H and O–H groups in total. The monoisotopic (exact) mass is 475 g/mol. The number of aromatic nitrogens is 1. The summed E-state index contributed by atoms with van der Waals surface area (Å²) >= 11 is 0. The molecule has 0 saturated carbocycles. The number of morpholine rings is 1. The molecule has 8 nitrogen and oxygen atoms in total. The van der Waals surface area contributed by atoms with E-state index in [9.17, 15) is 9.59 Å². The van der Waals surface area contributed by atoms with E-state index in [1.165, 1.54) is 0 Å². The zero-order valence-corrected chi connectivity index (χ0v) is 20.0. The van der Waals surface area contributed by atoms with E-state index in [-0.39, 0.29) is 11.8 Å². The molecule has 4 rings (SSSR count). The molecule has 2 heterocycles. The first-order valence-corrected chi connectivity index (χ1v) is 11.6. The van der Waals surface area contributed by atoms with Crippen molar-refractivity contribution >= 4 is 17.5 Å². The molecule has 1 saturated heterocycles. The van der Waals surface area contributed by atoms with Gasteiger partial charge in [0, 0.05) is 47.9 Å². The van der Waals surface area contributed by atoms with Crippen LogP contribution in [0.3, 0.4) is 0 Å². The number of nitrogens with zero attached hydrogens (tertiary/aromatic N) is 2. The first kappa shape index (κ1) is 24.2. The van der Waals surface area contributed by atoms with Crippen molar-refractivity contribution < 1.29 is 23.8 Å². The van der Waals surface area contributed by atoms with Gasteiger partial charge < -0.3 is 24.4 Å². The molecule has 35 heavy (non-hydrogen) atoms. The topological polar surface area (TPSA) is 90.0 Å². The second-order valence-electron chi connectivity index (χ2n) is 8.08. The Bertz CT molecular complexity index is 1180. The molecule has 1 fully saturated rings. The molecule has 0 atom stereocenters. The zero-order valence-electron chi connectivity index (χ0n) is 20.0. The molecule has 0 unspecified atom stereocenters. The summed E-state index contributed by atoms with van der Waals surface area (Å²) in [5, 5.41) is 2.93. The van der Waals surface area contributed by atoms with E-state index in [0.717, 1.165) is 11.1 Å². The van der Waals surface area contributed by atoms with E-state index in [1.54, 1.807) is 53.7 Å². The number of nitrogens with one attached hydrogen (secondary N) is 1. The zero-order chi connectivity index (χ0) is 24.6. The van der Waals surface area contributed by atoms with Crippen molar-refractivity contribution in [3.63, 3.8) is 0 Å². The first-order chi connectivity index (χ1) is 17.1. The second-order valence-corrected chi connectivity index (χ2v) is 8.08. The molecule has 1 aromatic heterocycles. The summed E-state index contributed by atoms with van der Waals surface area (Å²) in [6.45, 7) is 6.66. The van der Waals surface area contributed by atoms with Crippen molar-refractivity contribution in [3.8, 4) is 11.5 Å². The third-order valence-electron chi connectivity index (χ3n) is 5.73.